The molecule has 0 bridgehead atoms. The van der Waals surface area contributed by atoms with Crippen LogP contribution in [0.3, 0.4) is 0 Å². The zero-order valence-electron chi connectivity index (χ0n) is 13.1. The van der Waals surface area contributed by atoms with Gasteiger partial charge in [-0.15, -0.1) is 0 Å². The van der Waals surface area contributed by atoms with Crippen molar-refractivity contribution in [1.82, 2.24) is 10.2 Å². The molecule has 2 atom stereocenters. The molecule has 114 valence electrons. The van der Waals surface area contributed by atoms with Crippen molar-refractivity contribution in [2.75, 3.05) is 26.7 Å². The van der Waals surface area contributed by atoms with Gasteiger partial charge in [-0.3, -0.25) is 4.79 Å². The van der Waals surface area contributed by atoms with Gasteiger partial charge < -0.3 is 15.0 Å². The lowest BCUT2D eigenvalue weighted by molar-refractivity contribution is -0.134. The topological polar surface area (TPSA) is 41.6 Å². The third kappa shape index (κ3) is 2.53. The summed E-state index contributed by atoms with van der Waals surface area (Å²) < 4.78 is 5.23. The van der Waals surface area contributed by atoms with Crippen LogP contribution in [-0.2, 0) is 11.2 Å². The molecular weight excluding hydrogens is 264 g/mol. The molecule has 0 aliphatic carbocycles. The summed E-state index contributed by atoms with van der Waals surface area (Å²) in [4.78, 5) is 14.8. The fourth-order valence-electron chi connectivity index (χ4n) is 3.90. The minimum atomic E-state index is -0.0515. The van der Waals surface area contributed by atoms with Crippen LogP contribution < -0.4 is 10.1 Å². The van der Waals surface area contributed by atoms with E-state index in [1.165, 1.54) is 0 Å². The largest absolute Gasteiger partial charge is 0.497 e. The molecule has 1 N–H and O–H groups in total. The molecule has 0 saturated carbocycles. The molecule has 2 unspecified atom stereocenters. The monoisotopic (exact) mass is 288 g/mol. The maximum absolute atomic E-state index is 12.7. The number of hydrogen-bond donors (Lipinski definition) is 1. The molecule has 0 aromatic heterocycles. The Bertz CT molecular complexity index is 541. The van der Waals surface area contributed by atoms with Gasteiger partial charge in [-0.05, 0) is 43.4 Å². The summed E-state index contributed by atoms with van der Waals surface area (Å²) in [6.45, 7) is 7.35. The Kier molecular flexibility index (Phi) is 3.66. The van der Waals surface area contributed by atoms with Gasteiger partial charge in [-0.1, -0.05) is 12.1 Å². The summed E-state index contributed by atoms with van der Waals surface area (Å²) in [6.07, 6.45) is 0.452. The predicted octanol–water partition coefficient (Wildman–Crippen LogP) is 1.69. The first-order valence-corrected chi connectivity index (χ1v) is 7.66. The van der Waals surface area contributed by atoms with Gasteiger partial charge >= 0.3 is 0 Å². The Balaban J connectivity index is 1.73. The first-order chi connectivity index (χ1) is 10.0. The number of ether oxygens (including phenoxy) is 1. The van der Waals surface area contributed by atoms with Crippen molar-refractivity contribution in [3.05, 3.63) is 29.8 Å². The fraction of sp³-hybridized carbons (Fsp3) is 0.588. The first-order valence-electron chi connectivity index (χ1n) is 7.66. The molecule has 1 amide bonds. The van der Waals surface area contributed by atoms with Gasteiger partial charge in [0.15, 0.2) is 0 Å². The summed E-state index contributed by atoms with van der Waals surface area (Å²) in [5, 5.41) is 3.45. The Morgan fingerprint density at radius 2 is 2.24 bits per heavy atom. The number of carbonyl (C=O) groups is 1. The van der Waals surface area contributed by atoms with Crippen molar-refractivity contribution in [2.24, 2.45) is 11.8 Å². The quantitative estimate of drug-likeness (QED) is 0.920. The van der Waals surface area contributed by atoms with E-state index in [0.717, 1.165) is 30.9 Å². The molecule has 2 fully saturated rings. The van der Waals surface area contributed by atoms with Gasteiger partial charge in [0.05, 0.1) is 13.5 Å². The van der Waals surface area contributed by atoms with Gasteiger partial charge in [-0.2, -0.15) is 0 Å². The minimum Gasteiger partial charge on any atom is -0.497 e. The SMILES string of the molecule is COc1cccc(CC(=O)N2CC3CNCC3C2(C)C)c1. The summed E-state index contributed by atoms with van der Waals surface area (Å²) in [5.41, 5.74) is 0.967. The van der Waals surface area contributed by atoms with Crippen LogP contribution in [0.1, 0.15) is 19.4 Å². The van der Waals surface area contributed by atoms with Crippen molar-refractivity contribution < 1.29 is 9.53 Å². The molecule has 1 aromatic rings. The number of methoxy groups -OCH3 is 1. The third-order valence-corrected chi connectivity index (χ3v) is 5.15. The Labute approximate surface area is 126 Å². The highest BCUT2D eigenvalue weighted by atomic mass is 16.5. The second-order valence-corrected chi connectivity index (χ2v) is 6.71. The molecular formula is C17H24N2O2. The van der Waals surface area contributed by atoms with E-state index in [9.17, 15) is 4.79 Å². The molecule has 2 saturated heterocycles. The second-order valence-electron chi connectivity index (χ2n) is 6.71. The molecule has 1 aromatic carbocycles. The lowest BCUT2D eigenvalue weighted by atomic mass is 9.85. The molecule has 2 aliphatic rings. The zero-order valence-corrected chi connectivity index (χ0v) is 13.1. The lowest BCUT2D eigenvalue weighted by Gasteiger charge is -2.35. The van der Waals surface area contributed by atoms with Crippen LogP contribution in [0.4, 0.5) is 0 Å². The maximum atomic E-state index is 12.7. The minimum absolute atomic E-state index is 0.0515. The van der Waals surface area contributed by atoms with Crippen LogP contribution in [0, 0.1) is 11.8 Å². The van der Waals surface area contributed by atoms with E-state index in [0.29, 0.717) is 18.3 Å². The highest BCUT2D eigenvalue weighted by Crippen LogP contribution is 2.40. The van der Waals surface area contributed by atoms with E-state index in [1.54, 1.807) is 7.11 Å². The number of hydrogen-bond acceptors (Lipinski definition) is 3. The van der Waals surface area contributed by atoms with E-state index in [2.05, 4.69) is 24.1 Å². The molecule has 21 heavy (non-hydrogen) atoms. The Morgan fingerprint density at radius 3 is 2.95 bits per heavy atom. The number of carbonyl (C=O) groups excluding carboxylic acids is 1. The maximum Gasteiger partial charge on any atom is 0.227 e. The van der Waals surface area contributed by atoms with Crippen molar-refractivity contribution in [3.8, 4) is 5.75 Å². The van der Waals surface area contributed by atoms with Gasteiger partial charge in [0, 0.05) is 25.2 Å². The summed E-state index contributed by atoms with van der Waals surface area (Å²) >= 11 is 0. The van der Waals surface area contributed by atoms with Crippen molar-refractivity contribution in [1.29, 1.82) is 0 Å². The summed E-state index contributed by atoms with van der Waals surface area (Å²) in [5.74, 6) is 2.21. The van der Waals surface area contributed by atoms with Crippen molar-refractivity contribution >= 4 is 5.91 Å². The van der Waals surface area contributed by atoms with Crippen LogP contribution >= 0.6 is 0 Å². The number of nitrogens with one attached hydrogen (secondary N) is 1. The van der Waals surface area contributed by atoms with Gasteiger partial charge in [0.1, 0.15) is 5.75 Å². The highest BCUT2D eigenvalue weighted by Gasteiger charge is 2.50. The van der Waals surface area contributed by atoms with Gasteiger partial charge in [-0.25, -0.2) is 0 Å². The van der Waals surface area contributed by atoms with Crippen LogP contribution in [0.2, 0.25) is 0 Å². The molecule has 2 heterocycles. The van der Waals surface area contributed by atoms with Gasteiger partial charge in [0.2, 0.25) is 5.91 Å². The fourth-order valence-corrected chi connectivity index (χ4v) is 3.90. The molecule has 3 rings (SSSR count). The average molecular weight is 288 g/mol. The number of likely N-dealkylation sites (tertiary alicyclic amines) is 1. The zero-order chi connectivity index (χ0) is 15.0. The normalized spacial score (nSPS) is 26.7. The predicted molar refractivity (Wildman–Crippen MR) is 82.3 cm³/mol. The highest BCUT2D eigenvalue weighted by molar-refractivity contribution is 5.80. The van der Waals surface area contributed by atoms with Crippen molar-refractivity contribution in [3.63, 3.8) is 0 Å². The van der Waals surface area contributed by atoms with Gasteiger partial charge in [0.25, 0.3) is 0 Å². The third-order valence-electron chi connectivity index (χ3n) is 5.15. The van der Waals surface area contributed by atoms with Crippen LogP contribution in [0.5, 0.6) is 5.75 Å². The van der Waals surface area contributed by atoms with Crippen LogP contribution in [-0.4, -0.2) is 43.1 Å². The lowest BCUT2D eigenvalue weighted by Crippen LogP contribution is -2.48. The molecule has 4 nitrogen and oxygen atoms in total. The van der Waals surface area contributed by atoms with E-state index in [4.69, 9.17) is 4.74 Å². The number of amides is 1. The average Bonchev–Trinajstić information content (AvgIpc) is 3.01. The van der Waals surface area contributed by atoms with Crippen LogP contribution in [0.25, 0.3) is 0 Å². The standard InChI is InChI=1S/C17H24N2O2/c1-17(2)15-10-18-9-13(15)11-19(17)16(20)8-12-5-4-6-14(7-12)21-3/h4-7,13,15,18H,8-11H2,1-3H3. The number of fused-ring (bicyclic) bond motifs is 1. The van der Waals surface area contributed by atoms with Crippen LogP contribution in [0.15, 0.2) is 24.3 Å². The van der Waals surface area contributed by atoms with E-state index < -0.39 is 0 Å². The Morgan fingerprint density at radius 1 is 1.43 bits per heavy atom. The Hall–Kier alpha value is -1.55. The number of nitrogens with zero attached hydrogens (tertiary/aromatic N) is 1. The summed E-state index contributed by atoms with van der Waals surface area (Å²) in [7, 11) is 1.65. The van der Waals surface area contributed by atoms with E-state index in [1.807, 2.05) is 24.3 Å². The smallest absolute Gasteiger partial charge is 0.227 e. The second kappa shape index (κ2) is 5.34. The number of benzene rings is 1. The number of rotatable bonds is 3. The first kappa shape index (κ1) is 14.4. The van der Waals surface area contributed by atoms with Crippen molar-refractivity contribution in [2.45, 2.75) is 25.8 Å². The molecule has 0 radical (unpaired) electrons. The van der Waals surface area contributed by atoms with E-state index >= 15 is 0 Å². The molecule has 4 heteroatoms. The van der Waals surface area contributed by atoms with E-state index in [-0.39, 0.29) is 11.4 Å². The molecule has 2 aliphatic heterocycles. The summed E-state index contributed by atoms with van der Waals surface area (Å²) in [6, 6.07) is 7.79. The molecule has 0 spiro atoms.